The third kappa shape index (κ3) is 6.55. The fraction of sp³-hybridized carbons (Fsp3) is 0.429. The van der Waals surface area contributed by atoms with Gasteiger partial charge in [-0.15, -0.1) is 0 Å². The molecule has 0 aliphatic carbocycles. The number of hydrogen-bond acceptors (Lipinski definition) is 4. The Labute approximate surface area is 138 Å². The first-order valence-corrected chi connectivity index (χ1v) is 7.33. The highest BCUT2D eigenvalue weighted by Crippen LogP contribution is 2.26. The molecule has 21 heavy (non-hydrogen) atoms. The average molecular weight is 354 g/mol. The standard InChI is InChI=1S/C14H15Cl3O4/c1-9(2)11(13(19)20-8-14(15,16)17)21-12(18)10-6-4-3-5-7-10/h3-7,9,11H,8H2,1-2H3/t11-/m0/s1. The second kappa shape index (κ2) is 7.87. The lowest BCUT2D eigenvalue weighted by molar-refractivity contribution is -0.156. The molecular weight excluding hydrogens is 339 g/mol. The first kappa shape index (κ1) is 18.1. The van der Waals surface area contributed by atoms with Crippen LogP contribution in [-0.4, -0.2) is 28.4 Å². The van der Waals surface area contributed by atoms with Crippen LogP contribution in [0.4, 0.5) is 0 Å². The zero-order chi connectivity index (χ0) is 16.0. The highest BCUT2D eigenvalue weighted by molar-refractivity contribution is 6.67. The van der Waals surface area contributed by atoms with E-state index < -0.39 is 28.4 Å². The van der Waals surface area contributed by atoms with Crippen molar-refractivity contribution in [3.8, 4) is 0 Å². The van der Waals surface area contributed by atoms with Gasteiger partial charge in [0.15, 0.2) is 0 Å². The van der Waals surface area contributed by atoms with Crippen LogP contribution in [-0.2, 0) is 14.3 Å². The molecule has 0 aliphatic heterocycles. The molecule has 0 bridgehead atoms. The summed E-state index contributed by atoms with van der Waals surface area (Å²) >= 11 is 16.5. The molecule has 0 heterocycles. The van der Waals surface area contributed by atoms with E-state index in [1.807, 2.05) is 0 Å². The van der Waals surface area contributed by atoms with Gasteiger partial charge in [-0.25, -0.2) is 9.59 Å². The van der Waals surface area contributed by atoms with E-state index in [1.165, 1.54) is 0 Å². The summed E-state index contributed by atoms with van der Waals surface area (Å²) in [5.74, 6) is -1.64. The fourth-order valence-electron chi connectivity index (χ4n) is 1.45. The van der Waals surface area contributed by atoms with E-state index in [1.54, 1.807) is 44.2 Å². The summed E-state index contributed by atoms with van der Waals surface area (Å²) in [6, 6.07) is 8.34. The van der Waals surface area contributed by atoms with Crippen LogP contribution in [0.2, 0.25) is 0 Å². The predicted molar refractivity (Wildman–Crippen MR) is 81.7 cm³/mol. The van der Waals surface area contributed by atoms with E-state index in [0.29, 0.717) is 5.56 Å². The number of halogens is 3. The summed E-state index contributed by atoms with van der Waals surface area (Å²) in [6.07, 6.45) is -1.06. The molecule has 0 fully saturated rings. The highest BCUT2D eigenvalue weighted by Gasteiger charge is 2.31. The molecule has 4 nitrogen and oxygen atoms in total. The molecule has 0 radical (unpaired) electrons. The number of carbonyl (C=O) groups is 2. The highest BCUT2D eigenvalue weighted by atomic mass is 35.6. The maximum absolute atomic E-state index is 12.0. The quantitative estimate of drug-likeness (QED) is 0.597. The zero-order valence-electron chi connectivity index (χ0n) is 11.5. The molecule has 1 aromatic carbocycles. The van der Waals surface area contributed by atoms with Crippen LogP contribution in [0.1, 0.15) is 24.2 Å². The van der Waals surface area contributed by atoms with Crippen molar-refractivity contribution in [3.05, 3.63) is 35.9 Å². The van der Waals surface area contributed by atoms with Gasteiger partial charge in [-0.1, -0.05) is 66.8 Å². The summed E-state index contributed by atoms with van der Waals surface area (Å²) in [7, 11) is 0. The third-order valence-corrected chi connectivity index (χ3v) is 2.79. The molecule has 0 aliphatic rings. The van der Waals surface area contributed by atoms with Crippen molar-refractivity contribution in [2.45, 2.75) is 23.7 Å². The van der Waals surface area contributed by atoms with Gasteiger partial charge in [0.2, 0.25) is 9.90 Å². The molecule has 1 atom stereocenters. The Morgan fingerprint density at radius 3 is 2.19 bits per heavy atom. The minimum Gasteiger partial charge on any atom is -0.458 e. The van der Waals surface area contributed by atoms with Crippen molar-refractivity contribution in [1.82, 2.24) is 0 Å². The van der Waals surface area contributed by atoms with E-state index >= 15 is 0 Å². The van der Waals surface area contributed by atoms with Gasteiger partial charge in [-0.3, -0.25) is 0 Å². The molecule has 0 amide bonds. The summed E-state index contributed by atoms with van der Waals surface area (Å²) in [5, 5.41) is 0. The molecule has 0 N–H and O–H groups in total. The first-order chi connectivity index (χ1) is 9.70. The van der Waals surface area contributed by atoms with Gasteiger partial charge in [-0.2, -0.15) is 0 Å². The maximum atomic E-state index is 12.0. The maximum Gasteiger partial charge on any atom is 0.347 e. The third-order valence-electron chi connectivity index (χ3n) is 2.46. The molecule has 116 valence electrons. The van der Waals surface area contributed by atoms with Crippen LogP contribution < -0.4 is 0 Å². The predicted octanol–water partition coefficient (Wildman–Crippen LogP) is 3.78. The van der Waals surface area contributed by atoms with Gasteiger partial charge < -0.3 is 9.47 Å². The molecule has 7 heteroatoms. The van der Waals surface area contributed by atoms with E-state index in [9.17, 15) is 9.59 Å². The topological polar surface area (TPSA) is 52.6 Å². The van der Waals surface area contributed by atoms with Crippen LogP contribution >= 0.6 is 34.8 Å². The van der Waals surface area contributed by atoms with E-state index in [0.717, 1.165) is 0 Å². The van der Waals surface area contributed by atoms with Gasteiger partial charge in [0, 0.05) is 5.92 Å². The average Bonchev–Trinajstić information content (AvgIpc) is 2.41. The lowest BCUT2D eigenvalue weighted by atomic mass is 10.1. The number of carbonyl (C=O) groups excluding carboxylic acids is 2. The number of rotatable bonds is 5. The minimum absolute atomic E-state index is 0.277. The van der Waals surface area contributed by atoms with Gasteiger partial charge in [0.1, 0.15) is 6.61 Å². The normalized spacial score (nSPS) is 12.9. The Hall–Kier alpha value is -0.970. The number of hydrogen-bond donors (Lipinski definition) is 0. The Kier molecular flexibility index (Phi) is 6.78. The van der Waals surface area contributed by atoms with Crippen molar-refractivity contribution in [3.63, 3.8) is 0 Å². The smallest absolute Gasteiger partial charge is 0.347 e. The van der Waals surface area contributed by atoms with Crippen LogP contribution in [0.25, 0.3) is 0 Å². The van der Waals surface area contributed by atoms with Crippen molar-refractivity contribution >= 4 is 46.7 Å². The van der Waals surface area contributed by atoms with E-state index in [2.05, 4.69) is 0 Å². The Morgan fingerprint density at radius 2 is 1.71 bits per heavy atom. The Morgan fingerprint density at radius 1 is 1.14 bits per heavy atom. The number of benzene rings is 1. The summed E-state index contributed by atoms with van der Waals surface area (Å²) in [5.41, 5.74) is 0.345. The molecule has 1 rings (SSSR count). The van der Waals surface area contributed by atoms with Crippen LogP contribution in [0.5, 0.6) is 0 Å². The Bertz CT molecular complexity index is 483. The number of alkyl halides is 3. The van der Waals surface area contributed by atoms with Crippen LogP contribution in [0.15, 0.2) is 30.3 Å². The van der Waals surface area contributed by atoms with Gasteiger partial charge in [0.05, 0.1) is 5.56 Å². The summed E-state index contributed by atoms with van der Waals surface area (Å²) in [6.45, 7) is 3.03. The molecule has 0 aromatic heterocycles. The van der Waals surface area contributed by atoms with Gasteiger partial charge in [0.25, 0.3) is 0 Å². The molecule has 0 unspecified atom stereocenters. The molecule has 0 saturated carbocycles. The van der Waals surface area contributed by atoms with Crippen LogP contribution in [0, 0.1) is 5.92 Å². The Balaban J connectivity index is 2.70. The lowest BCUT2D eigenvalue weighted by Gasteiger charge is -2.21. The van der Waals surface area contributed by atoms with Crippen molar-refractivity contribution in [2.75, 3.05) is 6.61 Å². The summed E-state index contributed by atoms with van der Waals surface area (Å²) < 4.78 is 8.33. The van der Waals surface area contributed by atoms with Gasteiger partial charge >= 0.3 is 11.9 Å². The SMILES string of the molecule is CC(C)[C@H](OC(=O)c1ccccc1)C(=O)OCC(Cl)(Cl)Cl. The minimum atomic E-state index is -1.71. The van der Waals surface area contributed by atoms with E-state index in [-0.39, 0.29) is 5.92 Å². The molecule has 1 aromatic rings. The monoisotopic (exact) mass is 352 g/mol. The van der Waals surface area contributed by atoms with E-state index in [4.69, 9.17) is 44.3 Å². The first-order valence-electron chi connectivity index (χ1n) is 6.20. The molecular formula is C14H15Cl3O4. The fourth-order valence-corrected chi connectivity index (χ4v) is 1.61. The van der Waals surface area contributed by atoms with Crippen LogP contribution in [0.3, 0.4) is 0 Å². The number of ether oxygens (including phenoxy) is 2. The second-order valence-corrected chi connectivity index (χ2v) is 7.17. The second-order valence-electron chi connectivity index (χ2n) is 4.66. The lowest BCUT2D eigenvalue weighted by Crippen LogP contribution is -2.35. The summed E-state index contributed by atoms with van der Waals surface area (Å²) in [4.78, 5) is 23.9. The van der Waals surface area contributed by atoms with Crippen molar-refractivity contribution in [1.29, 1.82) is 0 Å². The largest absolute Gasteiger partial charge is 0.458 e. The van der Waals surface area contributed by atoms with Crippen molar-refractivity contribution < 1.29 is 19.1 Å². The number of esters is 2. The molecule has 0 spiro atoms. The molecule has 0 saturated heterocycles. The zero-order valence-corrected chi connectivity index (χ0v) is 13.8. The van der Waals surface area contributed by atoms with Gasteiger partial charge in [-0.05, 0) is 12.1 Å². The van der Waals surface area contributed by atoms with Crippen molar-refractivity contribution in [2.24, 2.45) is 5.92 Å².